The van der Waals surface area contributed by atoms with Gasteiger partial charge in [0.1, 0.15) is 18.0 Å². The zero-order valence-corrected chi connectivity index (χ0v) is 16.0. The van der Waals surface area contributed by atoms with Gasteiger partial charge in [0.15, 0.2) is 0 Å². The Balaban J connectivity index is 2.80. The van der Waals surface area contributed by atoms with Crippen molar-refractivity contribution >= 4 is 17.8 Å². The molecule has 0 saturated carbocycles. The largest absolute Gasteiger partial charge is 0.508 e. The summed E-state index contributed by atoms with van der Waals surface area (Å²) in [4.78, 5) is 23.2. The minimum atomic E-state index is -0.738. The SMILES string of the molecule is CCOC(=O)OC/C=C(/CNC(=O)OC(C)(C)C)c1ccc(OC)cc1. The monoisotopic (exact) mass is 365 g/mol. The molecule has 0 aliphatic carbocycles. The van der Waals surface area contributed by atoms with Crippen LogP contribution in [-0.2, 0) is 14.2 Å². The third-order valence-electron chi connectivity index (χ3n) is 3.08. The van der Waals surface area contributed by atoms with E-state index in [1.165, 1.54) is 0 Å². The average Bonchev–Trinajstić information content (AvgIpc) is 2.56. The van der Waals surface area contributed by atoms with E-state index in [1.807, 2.05) is 24.3 Å². The molecule has 1 aromatic carbocycles. The van der Waals surface area contributed by atoms with Gasteiger partial charge in [0.25, 0.3) is 0 Å². The van der Waals surface area contributed by atoms with E-state index < -0.39 is 17.8 Å². The van der Waals surface area contributed by atoms with Gasteiger partial charge >= 0.3 is 12.2 Å². The summed E-state index contributed by atoms with van der Waals surface area (Å²) in [5, 5.41) is 2.70. The molecule has 0 spiro atoms. The molecule has 0 aliphatic heterocycles. The number of methoxy groups -OCH3 is 1. The normalized spacial score (nSPS) is 11.5. The third kappa shape index (κ3) is 8.41. The predicted octanol–water partition coefficient (Wildman–Crippen LogP) is 3.78. The van der Waals surface area contributed by atoms with Crippen LogP contribution in [0.1, 0.15) is 33.3 Å². The first-order valence-electron chi connectivity index (χ1n) is 8.35. The number of rotatable bonds is 7. The van der Waals surface area contributed by atoms with Crippen molar-refractivity contribution in [3.63, 3.8) is 0 Å². The van der Waals surface area contributed by atoms with Gasteiger partial charge in [-0.2, -0.15) is 0 Å². The van der Waals surface area contributed by atoms with Gasteiger partial charge in [-0.05, 0) is 57.0 Å². The Morgan fingerprint density at radius 3 is 2.31 bits per heavy atom. The van der Waals surface area contributed by atoms with Gasteiger partial charge < -0.3 is 24.3 Å². The van der Waals surface area contributed by atoms with Crippen LogP contribution >= 0.6 is 0 Å². The molecule has 0 unspecified atom stereocenters. The first-order valence-corrected chi connectivity index (χ1v) is 8.35. The molecule has 0 heterocycles. The number of amides is 1. The van der Waals surface area contributed by atoms with Gasteiger partial charge in [-0.3, -0.25) is 0 Å². The molecule has 0 atom stereocenters. The lowest BCUT2D eigenvalue weighted by Crippen LogP contribution is -2.33. The summed E-state index contributed by atoms with van der Waals surface area (Å²) >= 11 is 0. The summed E-state index contributed by atoms with van der Waals surface area (Å²) in [6.45, 7) is 7.56. The van der Waals surface area contributed by atoms with Crippen LogP contribution in [-0.4, -0.2) is 44.7 Å². The van der Waals surface area contributed by atoms with Crippen LogP contribution < -0.4 is 10.1 Å². The fourth-order valence-electron chi connectivity index (χ4n) is 1.95. The fraction of sp³-hybridized carbons (Fsp3) is 0.474. The highest BCUT2D eigenvalue weighted by molar-refractivity contribution is 5.74. The van der Waals surface area contributed by atoms with Crippen molar-refractivity contribution in [3.8, 4) is 5.75 Å². The molecule has 1 amide bonds. The van der Waals surface area contributed by atoms with E-state index in [0.29, 0.717) is 0 Å². The van der Waals surface area contributed by atoms with Gasteiger partial charge in [-0.25, -0.2) is 9.59 Å². The van der Waals surface area contributed by atoms with Crippen LogP contribution in [0.2, 0.25) is 0 Å². The summed E-state index contributed by atoms with van der Waals surface area (Å²) in [6, 6.07) is 7.32. The number of alkyl carbamates (subject to hydrolysis) is 1. The number of carbonyl (C=O) groups excluding carboxylic acids is 2. The van der Waals surface area contributed by atoms with Crippen molar-refractivity contribution in [1.82, 2.24) is 5.32 Å². The maximum absolute atomic E-state index is 11.9. The second kappa shape index (κ2) is 10.3. The van der Waals surface area contributed by atoms with Crippen molar-refractivity contribution < 1.29 is 28.5 Å². The van der Waals surface area contributed by atoms with Crippen LogP contribution in [0, 0.1) is 0 Å². The van der Waals surface area contributed by atoms with E-state index in [9.17, 15) is 9.59 Å². The van der Waals surface area contributed by atoms with E-state index in [4.69, 9.17) is 18.9 Å². The molecule has 7 heteroatoms. The highest BCUT2D eigenvalue weighted by atomic mass is 16.7. The van der Waals surface area contributed by atoms with Crippen LogP contribution in [0.3, 0.4) is 0 Å². The molecule has 7 nitrogen and oxygen atoms in total. The maximum atomic E-state index is 11.9. The first kappa shape index (κ1) is 21.3. The summed E-state index contributed by atoms with van der Waals surface area (Å²) in [5.41, 5.74) is 1.04. The quantitative estimate of drug-likeness (QED) is 0.741. The Morgan fingerprint density at radius 2 is 1.77 bits per heavy atom. The standard InChI is InChI=1S/C19H27NO6/c1-6-24-18(22)25-12-11-15(13-20-17(21)26-19(2,3)4)14-7-9-16(23-5)10-8-14/h7-11H,6,12-13H2,1-5H3,(H,20,21)/b15-11-. The molecule has 26 heavy (non-hydrogen) atoms. The topological polar surface area (TPSA) is 83.1 Å². The van der Waals surface area contributed by atoms with E-state index >= 15 is 0 Å². The molecular formula is C19H27NO6. The molecule has 1 rings (SSSR count). The molecule has 0 fully saturated rings. The number of hydrogen-bond acceptors (Lipinski definition) is 6. The average molecular weight is 365 g/mol. The van der Waals surface area contributed by atoms with Crippen LogP contribution in [0.4, 0.5) is 9.59 Å². The summed E-state index contributed by atoms with van der Waals surface area (Å²) in [5.74, 6) is 0.718. The Bertz CT molecular complexity index is 616. The molecule has 0 bridgehead atoms. The van der Waals surface area contributed by atoms with E-state index in [1.54, 1.807) is 40.9 Å². The van der Waals surface area contributed by atoms with E-state index in [2.05, 4.69) is 5.32 Å². The molecule has 0 aliphatic rings. The van der Waals surface area contributed by atoms with Crippen molar-refractivity contribution in [2.75, 3.05) is 26.9 Å². The van der Waals surface area contributed by atoms with Crippen LogP contribution in [0.5, 0.6) is 5.75 Å². The summed E-state index contributed by atoms with van der Waals surface area (Å²) < 4.78 is 20.1. The molecular weight excluding hydrogens is 338 g/mol. The summed E-state index contributed by atoms with van der Waals surface area (Å²) in [7, 11) is 1.59. The highest BCUT2D eigenvalue weighted by Crippen LogP contribution is 2.18. The molecule has 144 valence electrons. The first-order chi connectivity index (χ1) is 12.2. The smallest absolute Gasteiger partial charge is 0.497 e. The Morgan fingerprint density at radius 1 is 1.12 bits per heavy atom. The number of hydrogen-bond donors (Lipinski definition) is 1. The lowest BCUT2D eigenvalue weighted by molar-refractivity contribution is 0.0533. The lowest BCUT2D eigenvalue weighted by atomic mass is 10.1. The van der Waals surface area contributed by atoms with Gasteiger partial charge in [0.05, 0.1) is 13.7 Å². The highest BCUT2D eigenvalue weighted by Gasteiger charge is 2.16. The van der Waals surface area contributed by atoms with Crippen molar-refractivity contribution in [1.29, 1.82) is 0 Å². The number of carbonyl (C=O) groups is 2. The predicted molar refractivity (Wildman–Crippen MR) is 98.2 cm³/mol. The van der Waals surface area contributed by atoms with E-state index in [0.717, 1.165) is 16.9 Å². The molecule has 1 aromatic rings. The van der Waals surface area contributed by atoms with Crippen LogP contribution in [0.25, 0.3) is 5.57 Å². The number of ether oxygens (including phenoxy) is 4. The minimum absolute atomic E-state index is 0.0240. The zero-order chi connectivity index (χ0) is 19.6. The Hall–Kier alpha value is -2.70. The Labute approximate surface area is 154 Å². The fourth-order valence-corrected chi connectivity index (χ4v) is 1.95. The van der Waals surface area contributed by atoms with Crippen molar-refractivity contribution in [2.45, 2.75) is 33.3 Å². The molecule has 0 radical (unpaired) electrons. The second-order valence-corrected chi connectivity index (χ2v) is 6.31. The molecule has 1 N–H and O–H groups in total. The van der Waals surface area contributed by atoms with Crippen molar-refractivity contribution in [2.24, 2.45) is 0 Å². The number of nitrogens with one attached hydrogen (secondary N) is 1. The van der Waals surface area contributed by atoms with Gasteiger partial charge in [0, 0.05) is 6.54 Å². The third-order valence-corrected chi connectivity index (χ3v) is 3.08. The maximum Gasteiger partial charge on any atom is 0.508 e. The van der Waals surface area contributed by atoms with Crippen LogP contribution in [0.15, 0.2) is 30.3 Å². The lowest BCUT2D eigenvalue weighted by Gasteiger charge is -2.20. The summed E-state index contributed by atoms with van der Waals surface area (Å²) in [6.07, 6.45) is 0.442. The van der Waals surface area contributed by atoms with E-state index in [-0.39, 0.29) is 19.8 Å². The zero-order valence-electron chi connectivity index (χ0n) is 16.0. The van der Waals surface area contributed by atoms with Crippen molar-refractivity contribution in [3.05, 3.63) is 35.9 Å². The van der Waals surface area contributed by atoms with Gasteiger partial charge in [-0.1, -0.05) is 12.1 Å². The van der Waals surface area contributed by atoms with Gasteiger partial charge in [-0.15, -0.1) is 0 Å². The molecule has 0 saturated heterocycles. The number of benzene rings is 1. The second-order valence-electron chi connectivity index (χ2n) is 6.31. The molecule has 0 aromatic heterocycles. The van der Waals surface area contributed by atoms with Gasteiger partial charge in [0.2, 0.25) is 0 Å². The Kier molecular flexibility index (Phi) is 8.48. The minimum Gasteiger partial charge on any atom is -0.497 e.